The molecule has 0 N–H and O–H groups in total. The molecular formula is C47H36B5N3. The fraction of sp³-hybridized carbons (Fsp3) is 0. The van der Waals surface area contributed by atoms with E-state index in [9.17, 15) is 0 Å². The second kappa shape index (κ2) is 14.1. The number of rotatable bonds is 6. The van der Waals surface area contributed by atoms with Crippen molar-refractivity contribution in [1.82, 2.24) is 15.0 Å². The Morgan fingerprint density at radius 3 is 1.40 bits per heavy atom. The summed E-state index contributed by atoms with van der Waals surface area (Å²) in [4.78, 5) is 15.7. The van der Waals surface area contributed by atoms with E-state index in [0.717, 1.165) is 27.8 Å². The molecular weight excluding hydrogens is 661 g/mol. The molecule has 0 aliphatic rings. The maximum Gasteiger partial charge on any atom is 0.164 e. The van der Waals surface area contributed by atoms with E-state index in [2.05, 4.69) is 197 Å². The van der Waals surface area contributed by atoms with Crippen molar-refractivity contribution in [1.29, 1.82) is 0 Å². The van der Waals surface area contributed by atoms with E-state index in [1.54, 1.807) is 0 Å². The van der Waals surface area contributed by atoms with Crippen molar-refractivity contribution in [3.05, 3.63) is 158 Å². The third-order valence-electron chi connectivity index (χ3n) is 11.5. The van der Waals surface area contributed by atoms with Crippen LogP contribution in [0.4, 0.5) is 0 Å². The second-order valence-corrected chi connectivity index (χ2v) is 14.6. The Hall–Kier alpha value is -6.39. The number of nitrogens with zero attached hydrogens (tertiary/aromatic N) is 3. The third-order valence-corrected chi connectivity index (χ3v) is 11.5. The van der Waals surface area contributed by atoms with Gasteiger partial charge in [0, 0.05) is 16.7 Å². The van der Waals surface area contributed by atoms with E-state index >= 15 is 0 Å². The van der Waals surface area contributed by atoms with Crippen LogP contribution in [-0.2, 0) is 0 Å². The summed E-state index contributed by atoms with van der Waals surface area (Å²) in [6.07, 6.45) is 0. The lowest BCUT2D eigenvalue weighted by molar-refractivity contribution is 1.08. The Morgan fingerprint density at radius 2 is 0.709 bits per heavy atom. The average Bonchev–Trinajstić information content (AvgIpc) is 3.24. The molecule has 0 amide bonds. The smallest absolute Gasteiger partial charge is 0.164 e. The van der Waals surface area contributed by atoms with Gasteiger partial charge in [-0.05, 0) is 61.0 Å². The van der Waals surface area contributed by atoms with Gasteiger partial charge in [0.1, 0.15) is 39.2 Å². The number of benzene rings is 8. The normalized spacial score (nSPS) is 11.3. The molecule has 8 aromatic carbocycles. The average molecular weight is 697 g/mol. The van der Waals surface area contributed by atoms with Gasteiger partial charge in [-0.3, -0.25) is 0 Å². The summed E-state index contributed by atoms with van der Waals surface area (Å²) in [6.45, 7) is 0. The molecule has 0 bridgehead atoms. The van der Waals surface area contributed by atoms with Crippen LogP contribution in [0.3, 0.4) is 0 Å². The Labute approximate surface area is 327 Å². The third kappa shape index (κ3) is 6.18. The maximum absolute atomic E-state index is 5.26. The lowest BCUT2D eigenvalue weighted by Crippen LogP contribution is -2.55. The molecule has 0 aliphatic carbocycles. The summed E-state index contributed by atoms with van der Waals surface area (Å²) in [6, 6.07) is 56.1. The zero-order valence-corrected chi connectivity index (χ0v) is 31.9. The number of aromatic nitrogens is 3. The zero-order valence-electron chi connectivity index (χ0n) is 31.9. The van der Waals surface area contributed by atoms with Crippen molar-refractivity contribution in [2.45, 2.75) is 0 Å². The van der Waals surface area contributed by atoms with Crippen molar-refractivity contribution in [3.8, 4) is 67.5 Å². The molecule has 55 heavy (non-hydrogen) atoms. The Kier molecular flexibility index (Phi) is 8.83. The van der Waals surface area contributed by atoms with Crippen molar-refractivity contribution in [2.75, 3.05) is 0 Å². The molecule has 0 atom stereocenters. The SMILES string of the molecule is Bc1c(B)c(B)c(-c2nc(-c3ccc(-c4cccc5ccccc45)cc3)nc(-c3cccc(-c4cccc5c(-c6ccccc6)cccc45)c3)n2)c(B)c1B. The molecule has 1 heterocycles. The van der Waals surface area contributed by atoms with Gasteiger partial charge in [0.25, 0.3) is 0 Å². The summed E-state index contributed by atoms with van der Waals surface area (Å²) >= 11 is 0. The summed E-state index contributed by atoms with van der Waals surface area (Å²) in [5.74, 6) is 2.00. The zero-order chi connectivity index (χ0) is 37.6. The van der Waals surface area contributed by atoms with Gasteiger partial charge in [0.15, 0.2) is 17.5 Å². The second-order valence-electron chi connectivity index (χ2n) is 14.6. The molecule has 3 nitrogen and oxygen atoms in total. The number of hydrogen-bond acceptors (Lipinski definition) is 3. The predicted molar refractivity (Wildman–Crippen MR) is 248 cm³/mol. The van der Waals surface area contributed by atoms with Gasteiger partial charge in [0.2, 0.25) is 0 Å². The molecule has 0 unspecified atom stereocenters. The topological polar surface area (TPSA) is 38.7 Å². The van der Waals surface area contributed by atoms with Crippen molar-refractivity contribution in [3.63, 3.8) is 0 Å². The van der Waals surface area contributed by atoms with Crippen LogP contribution in [0.15, 0.2) is 158 Å². The molecule has 1 aromatic heterocycles. The first-order valence-corrected chi connectivity index (χ1v) is 19.0. The van der Waals surface area contributed by atoms with Crippen LogP contribution in [0, 0.1) is 0 Å². The first-order valence-electron chi connectivity index (χ1n) is 19.0. The molecule has 0 aliphatic heterocycles. The van der Waals surface area contributed by atoms with E-state index in [4.69, 9.17) is 15.0 Å². The Balaban J connectivity index is 1.19. The summed E-state index contributed by atoms with van der Waals surface area (Å²) in [5, 5.41) is 4.90. The molecule has 254 valence electrons. The molecule has 0 saturated carbocycles. The largest absolute Gasteiger partial charge is 0.208 e. The minimum Gasteiger partial charge on any atom is -0.208 e. The highest BCUT2D eigenvalue weighted by molar-refractivity contribution is 6.68. The van der Waals surface area contributed by atoms with Gasteiger partial charge >= 0.3 is 0 Å². The summed E-state index contributed by atoms with van der Waals surface area (Å²) < 4.78 is 0. The van der Waals surface area contributed by atoms with Crippen LogP contribution in [0.2, 0.25) is 0 Å². The quantitative estimate of drug-likeness (QED) is 0.250. The van der Waals surface area contributed by atoms with E-state index in [1.165, 1.54) is 71.1 Å². The van der Waals surface area contributed by atoms with Gasteiger partial charge in [-0.1, -0.05) is 163 Å². The van der Waals surface area contributed by atoms with Crippen LogP contribution >= 0.6 is 0 Å². The lowest BCUT2D eigenvalue weighted by Gasteiger charge is -2.20. The van der Waals surface area contributed by atoms with Crippen LogP contribution in [0.1, 0.15) is 0 Å². The van der Waals surface area contributed by atoms with E-state index < -0.39 is 0 Å². The van der Waals surface area contributed by atoms with Gasteiger partial charge in [0.05, 0.1) is 0 Å². The molecule has 0 radical (unpaired) electrons. The highest BCUT2D eigenvalue weighted by Crippen LogP contribution is 2.36. The van der Waals surface area contributed by atoms with Gasteiger partial charge in [-0.15, -0.1) is 16.4 Å². The Bertz CT molecular complexity index is 2900. The summed E-state index contributed by atoms with van der Waals surface area (Å²) in [7, 11) is 11.0. The maximum atomic E-state index is 5.26. The predicted octanol–water partition coefficient (Wildman–Crippen LogP) is 3.47. The molecule has 0 spiro atoms. The molecule has 0 fully saturated rings. The van der Waals surface area contributed by atoms with Crippen molar-refractivity contribution < 1.29 is 0 Å². The molecule has 9 rings (SSSR count). The van der Waals surface area contributed by atoms with Gasteiger partial charge in [-0.2, -0.15) is 0 Å². The van der Waals surface area contributed by atoms with Crippen LogP contribution in [0.5, 0.6) is 0 Å². The minimum atomic E-state index is 0.653. The summed E-state index contributed by atoms with van der Waals surface area (Å²) in [5.41, 5.74) is 16.3. The molecule has 8 heteroatoms. The first-order chi connectivity index (χ1) is 26.9. The van der Waals surface area contributed by atoms with Crippen LogP contribution < -0.4 is 27.3 Å². The number of fused-ring (bicyclic) bond motifs is 2. The Morgan fingerprint density at radius 1 is 0.291 bits per heavy atom. The molecule has 0 saturated heterocycles. The van der Waals surface area contributed by atoms with E-state index in [-0.39, 0.29) is 0 Å². The lowest BCUT2D eigenvalue weighted by atomic mass is 9.60. The monoisotopic (exact) mass is 697 g/mol. The van der Waals surface area contributed by atoms with E-state index in [1.807, 2.05) is 0 Å². The van der Waals surface area contributed by atoms with E-state index in [0.29, 0.717) is 17.5 Å². The fourth-order valence-corrected chi connectivity index (χ4v) is 8.11. The van der Waals surface area contributed by atoms with Crippen LogP contribution in [-0.4, -0.2) is 54.2 Å². The highest BCUT2D eigenvalue weighted by Gasteiger charge is 2.19. The van der Waals surface area contributed by atoms with Gasteiger partial charge < -0.3 is 0 Å². The fourth-order valence-electron chi connectivity index (χ4n) is 8.11. The molecule has 9 aromatic rings. The minimum absolute atomic E-state index is 0.653. The highest BCUT2D eigenvalue weighted by atomic mass is 15.0. The number of hydrogen-bond donors (Lipinski definition) is 0. The van der Waals surface area contributed by atoms with Crippen molar-refractivity contribution in [2.24, 2.45) is 0 Å². The first kappa shape index (κ1) is 34.4. The van der Waals surface area contributed by atoms with Crippen LogP contribution in [0.25, 0.3) is 89.1 Å². The van der Waals surface area contributed by atoms with Crippen molar-refractivity contribution >= 4 is 88.1 Å². The standard InChI is InChI=1S/C47H36B5N3/c48-40-39(41(49)43(51)44(52)42(40)50)47-54-45(30-24-22-29(23-25-30)34-17-7-13-28-12-4-5-16-33(28)34)53-46(55-47)32-15-6-14-31(26-32)36-19-9-20-37-35(18-8-21-38(36)37)27-10-2-1-3-11-27/h1-26H,48-52H2. The van der Waals surface area contributed by atoms with Gasteiger partial charge in [-0.25, -0.2) is 15.0 Å².